The minimum atomic E-state index is -4.01. The van der Waals surface area contributed by atoms with Gasteiger partial charge in [-0.25, -0.2) is 4.57 Å². The van der Waals surface area contributed by atoms with Gasteiger partial charge in [-0.05, 0) is 98.3 Å². The van der Waals surface area contributed by atoms with E-state index in [9.17, 15) is 9.36 Å². The minimum Gasteiger partial charge on any atom is -0.460 e. The maximum atomic E-state index is 13.9. The van der Waals surface area contributed by atoms with Gasteiger partial charge >= 0.3 is 13.8 Å². The first-order valence-corrected chi connectivity index (χ1v) is 14.1. The van der Waals surface area contributed by atoms with Gasteiger partial charge < -0.3 is 9.26 Å². The van der Waals surface area contributed by atoms with E-state index in [1.807, 2.05) is 53.7 Å². The van der Waals surface area contributed by atoms with E-state index in [4.69, 9.17) is 18.3 Å². The van der Waals surface area contributed by atoms with Crippen molar-refractivity contribution in [3.8, 4) is 5.75 Å². The van der Waals surface area contributed by atoms with Crippen LogP contribution in [0.5, 0.6) is 5.75 Å². The van der Waals surface area contributed by atoms with E-state index in [0.29, 0.717) is 5.75 Å². The highest BCUT2D eigenvalue weighted by atomic mass is 31.2. The molecule has 6 nitrogen and oxygen atoms in total. The normalized spacial score (nSPS) is 13.1. The third-order valence-electron chi connectivity index (χ3n) is 4.63. The number of hydrogen-bond acceptors (Lipinski definition) is 6. The van der Waals surface area contributed by atoms with Gasteiger partial charge in [0.05, 0.1) is 17.6 Å². The van der Waals surface area contributed by atoms with Gasteiger partial charge in [-0.1, -0.05) is 40.7 Å². The molecule has 0 saturated heterocycles. The van der Waals surface area contributed by atoms with Gasteiger partial charge in [-0.3, -0.25) is 13.8 Å². The molecule has 1 aromatic carbocycles. The van der Waals surface area contributed by atoms with Crippen molar-refractivity contribution in [2.45, 2.75) is 139 Å². The first kappa shape index (κ1) is 33.6. The first-order chi connectivity index (χ1) is 15.6. The van der Waals surface area contributed by atoms with Crippen LogP contribution >= 0.6 is 7.82 Å². The summed E-state index contributed by atoms with van der Waals surface area (Å²) < 4.78 is 37.3. The molecule has 204 valence electrons. The fourth-order valence-corrected chi connectivity index (χ4v) is 5.20. The molecular formula is C28H51O6P. The van der Waals surface area contributed by atoms with Crippen LogP contribution in [-0.2, 0) is 35.0 Å². The number of rotatable bonds is 8. The highest BCUT2D eigenvalue weighted by Crippen LogP contribution is 2.57. The molecule has 0 aliphatic carbocycles. The van der Waals surface area contributed by atoms with Crippen LogP contribution in [0.1, 0.15) is 120 Å². The molecule has 35 heavy (non-hydrogen) atoms. The predicted octanol–water partition coefficient (Wildman–Crippen LogP) is 8.71. The lowest BCUT2D eigenvalue weighted by Gasteiger charge is -2.34. The molecule has 0 N–H and O–H groups in total. The molecule has 0 saturated carbocycles. The number of hydrogen-bond donors (Lipinski definition) is 0. The van der Waals surface area contributed by atoms with Crippen LogP contribution in [-0.4, -0.2) is 22.8 Å². The van der Waals surface area contributed by atoms with Crippen molar-refractivity contribution in [2.24, 2.45) is 0 Å². The molecule has 0 aliphatic heterocycles. The number of benzene rings is 1. The van der Waals surface area contributed by atoms with Crippen LogP contribution in [0.4, 0.5) is 0 Å². The molecule has 0 radical (unpaired) electrons. The van der Waals surface area contributed by atoms with E-state index in [0.717, 1.165) is 23.1 Å². The Bertz CT molecular complexity index is 862. The van der Waals surface area contributed by atoms with Crippen molar-refractivity contribution in [1.82, 2.24) is 0 Å². The van der Waals surface area contributed by atoms with Crippen molar-refractivity contribution >= 4 is 13.8 Å². The molecule has 0 spiro atoms. The van der Waals surface area contributed by atoms with Crippen LogP contribution in [0.2, 0.25) is 0 Å². The summed E-state index contributed by atoms with van der Waals surface area (Å²) in [5, 5.41) is 0. The van der Waals surface area contributed by atoms with E-state index in [1.54, 1.807) is 41.5 Å². The Morgan fingerprint density at radius 1 is 0.829 bits per heavy atom. The number of esters is 1. The van der Waals surface area contributed by atoms with Crippen LogP contribution in [0.15, 0.2) is 12.1 Å². The first-order valence-electron chi connectivity index (χ1n) is 12.6. The van der Waals surface area contributed by atoms with E-state index >= 15 is 0 Å². The third kappa shape index (κ3) is 12.4. The van der Waals surface area contributed by atoms with Gasteiger partial charge in [0.25, 0.3) is 0 Å². The van der Waals surface area contributed by atoms with Crippen molar-refractivity contribution in [3.63, 3.8) is 0 Å². The number of carbonyl (C=O) groups is 1. The Morgan fingerprint density at radius 3 is 1.66 bits per heavy atom. The zero-order chi connectivity index (χ0) is 28.0. The van der Waals surface area contributed by atoms with E-state index in [2.05, 4.69) is 20.8 Å². The topological polar surface area (TPSA) is 71.1 Å². The van der Waals surface area contributed by atoms with E-state index in [-0.39, 0.29) is 17.8 Å². The van der Waals surface area contributed by atoms with Crippen LogP contribution in [0, 0.1) is 6.92 Å². The summed E-state index contributed by atoms with van der Waals surface area (Å²) in [5.41, 5.74) is -0.0147. The largest absolute Gasteiger partial charge is 0.531 e. The molecule has 0 aliphatic rings. The van der Waals surface area contributed by atoms with Gasteiger partial charge in [0.15, 0.2) is 0 Å². The van der Waals surface area contributed by atoms with Gasteiger partial charge in [0.1, 0.15) is 11.4 Å². The van der Waals surface area contributed by atoms with Gasteiger partial charge in [-0.15, -0.1) is 0 Å². The monoisotopic (exact) mass is 514 g/mol. The van der Waals surface area contributed by atoms with Gasteiger partial charge in [0.2, 0.25) is 0 Å². The smallest absolute Gasteiger partial charge is 0.460 e. The molecule has 0 amide bonds. The molecule has 1 aromatic rings. The zero-order valence-electron chi connectivity index (χ0n) is 25.0. The second kappa shape index (κ2) is 12.3. The summed E-state index contributed by atoms with van der Waals surface area (Å²) in [6, 6.07) is 3.79. The summed E-state index contributed by atoms with van der Waals surface area (Å²) in [5.74, 6) is 0.0736. The average Bonchev–Trinajstić information content (AvgIpc) is 2.57. The molecule has 0 heterocycles. The third-order valence-corrected chi connectivity index (χ3v) is 6.59. The summed E-state index contributed by atoms with van der Waals surface area (Å²) in [4.78, 5) is 12.7. The molecule has 0 bridgehead atoms. The minimum absolute atomic E-state index is 0.0820. The highest BCUT2D eigenvalue weighted by molar-refractivity contribution is 7.49. The summed E-state index contributed by atoms with van der Waals surface area (Å²) >= 11 is 0. The Hall–Kier alpha value is -1.36. The lowest BCUT2D eigenvalue weighted by atomic mass is 9.78. The molecule has 1 rings (SSSR count). The Labute approximate surface area is 215 Å². The fourth-order valence-electron chi connectivity index (χ4n) is 3.36. The fraction of sp³-hybridized carbons (Fsp3) is 0.750. The summed E-state index contributed by atoms with van der Waals surface area (Å²) in [6.07, 6.45) is 0.858. The Kier molecular flexibility index (Phi) is 11.8. The van der Waals surface area contributed by atoms with Crippen molar-refractivity contribution in [2.75, 3.05) is 0 Å². The zero-order valence-corrected chi connectivity index (χ0v) is 25.9. The Morgan fingerprint density at radius 2 is 1.29 bits per heavy atom. The molecule has 7 heteroatoms. The van der Waals surface area contributed by atoms with Crippen LogP contribution in [0.25, 0.3) is 0 Å². The van der Waals surface area contributed by atoms with Crippen LogP contribution in [0.3, 0.4) is 0 Å². The molecule has 0 unspecified atom stereocenters. The number of phosphoric ester groups is 1. The van der Waals surface area contributed by atoms with Crippen molar-refractivity contribution in [1.29, 1.82) is 0 Å². The second-order valence-electron chi connectivity index (χ2n) is 12.2. The number of carbonyl (C=O) groups excluding carboxylic acids is 1. The second-order valence-corrected chi connectivity index (χ2v) is 13.7. The maximum absolute atomic E-state index is 13.9. The average molecular weight is 515 g/mol. The van der Waals surface area contributed by atoms with Crippen molar-refractivity contribution < 1.29 is 27.7 Å². The lowest BCUT2D eigenvalue weighted by Crippen LogP contribution is -2.28. The SMILES string of the molecule is CC.CCC(C)(C)c1c(CC(=O)OC(C)(C)C)cc(C)cc1OP(=O)(OC(C)(C)C)OC(C)(C)C. The van der Waals surface area contributed by atoms with E-state index < -0.39 is 24.6 Å². The molecule has 0 atom stereocenters. The van der Waals surface area contributed by atoms with E-state index in [1.165, 1.54) is 0 Å². The molecular weight excluding hydrogens is 463 g/mol. The van der Waals surface area contributed by atoms with Gasteiger partial charge in [-0.2, -0.15) is 0 Å². The number of ether oxygens (including phenoxy) is 1. The van der Waals surface area contributed by atoms with Crippen LogP contribution < -0.4 is 4.52 Å². The maximum Gasteiger partial charge on any atom is 0.531 e. The molecule has 0 fully saturated rings. The Balaban J connectivity index is 0.00000562. The number of phosphoric acid groups is 1. The summed E-state index contributed by atoms with van der Waals surface area (Å²) in [7, 11) is -4.01. The molecule has 0 aromatic heterocycles. The predicted molar refractivity (Wildman–Crippen MR) is 145 cm³/mol. The summed E-state index contributed by atoms with van der Waals surface area (Å²) in [6.45, 7) is 28.5. The quantitative estimate of drug-likeness (QED) is 0.255. The highest BCUT2D eigenvalue weighted by Gasteiger charge is 2.40. The van der Waals surface area contributed by atoms with Crippen molar-refractivity contribution in [3.05, 3.63) is 28.8 Å². The lowest BCUT2D eigenvalue weighted by molar-refractivity contribution is -0.153. The standard InChI is InChI=1S/C26H45O6P.C2H6/c1-14-26(12,13)22-19(17-21(27)29-23(3,4)5)15-18(2)16-20(22)30-33(28,31-24(6,7)8)32-25(9,10)11;1-2/h15-16H,14,17H2,1-13H3;1-2H3. The number of aryl methyl sites for hydroxylation is 1. The van der Waals surface area contributed by atoms with Gasteiger partial charge in [0, 0.05) is 5.56 Å².